The van der Waals surface area contributed by atoms with Crippen LogP contribution in [0.5, 0.6) is 0 Å². The van der Waals surface area contributed by atoms with Crippen LogP contribution in [0.1, 0.15) is 26.2 Å². The van der Waals surface area contributed by atoms with Crippen molar-refractivity contribution in [2.75, 3.05) is 6.54 Å². The standard InChI is InChI=1S/C18H17Cl2F3N4O3S/c1-10-6-12(8-26(10)15(28)17(4-5-17)18(21,22)23)31(29,30)14-3-2-11(7-13(14)19)27-9-24-16(20)25-27/h2-3,7,9-10,12H,4-6,8H2,1H3/t10-,12?/m1/s1. The maximum absolute atomic E-state index is 13.4. The van der Waals surface area contributed by atoms with Gasteiger partial charge in [0.05, 0.1) is 20.9 Å². The number of alkyl halides is 3. The zero-order valence-electron chi connectivity index (χ0n) is 16.1. The summed E-state index contributed by atoms with van der Waals surface area (Å²) in [5, 5.41) is 2.78. The van der Waals surface area contributed by atoms with E-state index in [9.17, 15) is 26.4 Å². The van der Waals surface area contributed by atoms with Gasteiger partial charge >= 0.3 is 6.18 Å². The molecule has 1 amide bonds. The van der Waals surface area contributed by atoms with Crippen LogP contribution in [0.3, 0.4) is 0 Å². The highest BCUT2D eigenvalue weighted by Crippen LogP contribution is 2.59. The molecule has 2 aliphatic rings. The quantitative estimate of drug-likeness (QED) is 0.644. The molecule has 1 saturated carbocycles. The van der Waals surface area contributed by atoms with Gasteiger partial charge in [0, 0.05) is 12.6 Å². The van der Waals surface area contributed by atoms with Crippen LogP contribution in [-0.2, 0) is 14.6 Å². The summed E-state index contributed by atoms with van der Waals surface area (Å²) in [6.07, 6.45) is -3.83. The summed E-state index contributed by atoms with van der Waals surface area (Å²) in [5.41, 5.74) is -1.95. The van der Waals surface area contributed by atoms with E-state index in [0.717, 1.165) is 4.90 Å². The molecule has 1 saturated heterocycles. The van der Waals surface area contributed by atoms with Gasteiger partial charge in [-0.05, 0) is 56.0 Å². The Hall–Kier alpha value is -1.85. The zero-order valence-corrected chi connectivity index (χ0v) is 18.4. The van der Waals surface area contributed by atoms with E-state index in [0.29, 0.717) is 5.69 Å². The van der Waals surface area contributed by atoms with E-state index in [-0.39, 0.29) is 41.0 Å². The second-order valence-corrected chi connectivity index (χ2v) is 10.8. The van der Waals surface area contributed by atoms with Gasteiger partial charge in [0.2, 0.25) is 11.2 Å². The van der Waals surface area contributed by atoms with Crippen LogP contribution in [0.15, 0.2) is 29.4 Å². The number of benzene rings is 1. The summed E-state index contributed by atoms with van der Waals surface area (Å²) < 4.78 is 67.7. The molecular weight excluding hydrogens is 480 g/mol. The first-order chi connectivity index (χ1) is 14.4. The maximum Gasteiger partial charge on any atom is 0.403 e. The van der Waals surface area contributed by atoms with E-state index < -0.39 is 38.6 Å². The fourth-order valence-corrected chi connectivity index (χ4v) is 6.38. The van der Waals surface area contributed by atoms with Crippen LogP contribution in [0, 0.1) is 5.41 Å². The summed E-state index contributed by atoms with van der Waals surface area (Å²) >= 11 is 11.9. The van der Waals surface area contributed by atoms with E-state index in [4.69, 9.17) is 23.2 Å². The number of amides is 1. The minimum absolute atomic E-state index is 0.00446. The lowest BCUT2D eigenvalue weighted by molar-refractivity contribution is -0.198. The van der Waals surface area contributed by atoms with Crippen molar-refractivity contribution < 1.29 is 26.4 Å². The highest BCUT2D eigenvalue weighted by molar-refractivity contribution is 7.92. The number of sulfone groups is 1. The van der Waals surface area contributed by atoms with E-state index >= 15 is 0 Å². The van der Waals surface area contributed by atoms with Crippen molar-refractivity contribution >= 4 is 38.9 Å². The topological polar surface area (TPSA) is 85.2 Å². The molecular formula is C18H17Cl2F3N4O3S. The Balaban J connectivity index is 1.58. The van der Waals surface area contributed by atoms with E-state index in [1.165, 1.54) is 29.2 Å². The summed E-state index contributed by atoms with van der Waals surface area (Å²) in [5.74, 6) is -1.05. The highest BCUT2D eigenvalue weighted by Gasteiger charge is 2.70. The molecule has 1 aromatic heterocycles. The molecule has 0 spiro atoms. The van der Waals surface area contributed by atoms with Gasteiger partial charge in [-0.3, -0.25) is 4.79 Å². The second kappa shape index (κ2) is 7.35. The molecule has 2 aromatic rings. The van der Waals surface area contributed by atoms with Gasteiger partial charge < -0.3 is 4.90 Å². The molecule has 31 heavy (non-hydrogen) atoms. The molecule has 0 N–H and O–H groups in total. The zero-order chi connectivity index (χ0) is 22.8. The number of halogens is 5. The normalized spacial score (nSPS) is 23.2. The average Bonchev–Trinajstić information content (AvgIpc) is 3.26. The van der Waals surface area contributed by atoms with Crippen LogP contribution in [0.4, 0.5) is 13.2 Å². The first-order valence-electron chi connectivity index (χ1n) is 9.35. The Morgan fingerprint density at radius 3 is 2.45 bits per heavy atom. The van der Waals surface area contributed by atoms with Crippen molar-refractivity contribution in [3.05, 3.63) is 34.8 Å². The van der Waals surface area contributed by atoms with Crippen molar-refractivity contribution in [3.63, 3.8) is 0 Å². The number of likely N-dealkylation sites (tertiary alicyclic amines) is 1. The minimum Gasteiger partial charge on any atom is -0.338 e. The fraction of sp³-hybridized carbons (Fsp3) is 0.500. The number of rotatable bonds is 4. The van der Waals surface area contributed by atoms with Gasteiger partial charge in [0.25, 0.3) is 0 Å². The van der Waals surface area contributed by atoms with Crippen LogP contribution >= 0.6 is 23.2 Å². The lowest BCUT2D eigenvalue weighted by atomic mass is 10.0. The Bertz CT molecular complexity index is 1150. The average molecular weight is 497 g/mol. The second-order valence-electron chi connectivity index (χ2n) is 7.86. The van der Waals surface area contributed by atoms with Crippen molar-refractivity contribution in [2.45, 2.75) is 48.5 Å². The van der Waals surface area contributed by atoms with E-state index in [1.54, 1.807) is 6.92 Å². The molecule has 1 aliphatic heterocycles. The Morgan fingerprint density at radius 1 is 1.26 bits per heavy atom. The van der Waals surface area contributed by atoms with Gasteiger partial charge in [0.1, 0.15) is 11.7 Å². The lowest BCUT2D eigenvalue weighted by Gasteiger charge is -2.28. The lowest BCUT2D eigenvalue weighted by Crippen LogP contribution is -2.46. The Labute approximate surface area is 186 Å². The van der Waals surface area contributed by atoms with E-state index in [2.05, 4.69) is 10.1 Å². The van der Waals surface area contributed by atoms with Crippen LogP contribution in [0.2, 0.25) is 10.3 Å². The van der Waals surface area contributed by atoms with Crippen molar-refractivity contribution in [1.29, 1.82) is 0 Å². The van der Waals surface area contributed by atoms with Crippen molar-refractivity contribution in [2.24, 2.45) is 5.41 Å². The largest absolute Gasteiger partial charge is 0.403 e. The predicted molar refractivity (Wildman–Crippen MR) is 106 cm³/mol. The molecule has 1 aliphatic carbocycles. The number of aromatic nitrogens is 3. The number of hydrogen-bond donors (Lipinski definition) is 0. The Morgan fingerprint density at radius 2 is 1.94 bits per heavy atom. The summed E-state index contributed by atoms with van der Waals surface area (Å²) in [4.78, 5) is 17.3. The SMILES string of the molecule is C[C@@H]1CC(S(=O)(=O)c2ccc(-n3cnc(Cl)n3)cc2Cl)CN1C(=O)C1(C(F)(F)F)CC1. The highest BCUT2D eigenvalue weighted by atomic mass is 35.5. The van der Waals surface area contributed by atoms with Crippen molar-refractivity contribution in [3.8, 4) is 5.69 Å². The van der Waals surface area contributed by atoms with Gasteiger partial charge in [-0.2, -0.15) is 13.2 Å². The smallest absolute Gasteiger partial charge is 0.338 e. The van der Waals surface area contributed by atoms with Gasteiger partial charge in [0.15, 0.2) is 9.84 Å². The molecule has 2 heterocycles. The van der Waals surface area contributed by atoms with Gasteiger partial charge in [-0.25, -0.2) is 18.1 Å². The number of hydrogen-bond acceptors (Lipinski definition) is 5. The predicted octanol–water partition coefficient (Wildman–Crippen LogP) is 3.68. The molecule has 1 unspecified atom stereocenters. The van der Waals surface area contributed by atoms with Gasteiger partial charge in [-0.15, -0.1) is 5.10 Å². The van der Waals surface area contributed by atoms with E-state index in [1.807, 2.05) is 0 Å². The molecule has 4 rings (SSSR count). The molecule has 0 radical (unpaired) electrons. The molecule has 0 bridgehead atoms. The fourth-order valence-electron chi connectivity index (χ4n) is 3.92. The maximum atomic E-state index is 13.4. The number of carbonyl (C=O) groups is 1. The number of nitrogens with zero attached hydrogens (tertiary/aromatic N) is 4. The minimum atomic E-state index is -4.65. The molecule has 2 atom stereocenters. The Kier molecular flexibility index (Phi) is 5.30. The molecule has 1 aromatic carbocycles. The third-order valence-corrected chi connectivity index (χ3v) is 8.67. The van der Waals surface area contributed by atoms with Crippen LogP contribution in [-0.4, -0.2) is 58.0 Å². The molecule has 168 valence electrons. The number of carbonyl (C=O) groups excluding carboxylic acids is 1. The third kappa shape index (κ3) is 3.70. The summed E-state index contributed by atoms with van der Waals surface area (Å²) in [6, 6.07) is 3.51. The van der Waals surface area contributed by atoms with Crippen molar-refractivity contribution in [1.82, 2.24) is 19.7 Å². The summed E-state index contributed by atoms with van der Waals surface area (Å²) in [6.45, 7) is 1.25. The molecule has 13 heteroatoms. The first-order valence-corrected chi connectivity index (χ1v) is 11.7. The third-order valence-electron chi connectivity index (χ3n) is 5.89. The van der Waals surface area contributed by atoms with Crippen LogP contribution in [0.25, 0.3) is 5.69 Å². The van der Waals surface area contributed by atoms with Gasteiger partial charge in [-0.1, -0.05) is 11.6 Å². The summed E-state index contributed by atoms with van der Waals surface area (Å²) in [7, 11) is -4.00. The molecule has 2 fully saturated rings. The monoisotopic (exact) mass is 496 g/mol. The van der Waals surface area contributed by atoms with Crippen LogP contribution < -0.4 is 0 Å². The molecule has 7 nitrogen and oxygen atoms in total. The first kappa shape index (κ1) is 22.3.